The molecule has 2 heterocycles. The van der Waals surface area contributed by atoms with Crippen molar-refractivity contribution in [2.75, 3.05) is 13.1 Å². The first kappa shape index (κ1) is 12.6. The van der Waals surface area contributed by atoms with Gasteiger partial charge in [0.15, 0.2) is 0 Å². The van der Waals surface area contributed by atoms with Crippen molar-refractivity contribution in [1.29, 1.82) is 0 Å². The Bertz CT molecular complexity index is 503. The zero-order valence-corrected chi connectivity index (χ0v) is 11.2. The van der Waals surface area contributed by atoms with Crippen LogP contribution in [0.25, 0.3) is 0 Å². The first-order chi connectivity index (χ1) is 9.13. The van der Waals surface area contributed by atoms with Gasteiger partial charge in [0.1, 0.15) is 5.82 Å². The standard InChI is InChI=1S/C15H19FN2O/c1-10-2-3-11(16)8-14(10)15(19)18-7-6-12-4-5-13(9-18)17-12/h2-3,8,12-13,17H,4-7,9H2,1H3. The van der Waals surface area contributed by atoms with E-state index < -0.39 is 0 Å². The third-order valence-electron chi connectivity index (χ3n) is 4.24. The van der Waals surface area contributed by atoms with E-state index in [1.54, 1.807) is 6.07 Å². The van der Waals surface area contributed by atoms with E-state index in [2.05, 4.69) is 5.32 Å². The second-order valence-electron chi connectivity index (χ2n) is 5.64. The number of nitrogens with one attached hydrogen (secondary N) is 1. The van der Waals surface area contributed by atoms with Gasteiger partial charge in [-0.1, -0.05) is 6.07 Å². The van der Waals surface area contributed by atoms with Gasteiger partial charge in [-0.25, -0.2) is 4.39 Å². The molecule has 2 fully saturated rings. The van der Waals surface area contributed by atoms with Crippen LogP contribution in [-0.2, 0) is 0 Å². The summed E-state index contributed by atoms with van der Waals surface area (Å²) in [5, 5.41) is 3.55. The number of rotatable bonds is 1. The highest BCUT2D eigenvalue weighted by Gasteiger charge is 2.31. The Balaban J connectivity index is 1.81. The summed E-state index contributed by atoms with van der Waals surface area (Å²) in [5.74, 6) is -0.380. The van der Waals surface area contributed by atoms with Crippen LogP contribution in [0.5, 0.6) is 0 Å². The molecule has 2 aliphatic heterocycles. The van der Waals surface area contributed by atoms with Crippen LogP contribution >= 0.6 is 0 Å². The van der Waals surface area contributed by atoms with Crippen molar-refractivity contribution in [1.82, 2.24) is 10.2 Å². The number of halogens is 1. The van der Waals surface area contributed by atoms with Crippen molar-refractivity contribution in [3.8, 4) is 0 Å². The summed E-state index contributed by atoms with van der Waals surface area (Å²) in [7, 11) is 0. The van der Waals surface area contributed by atoms with Crippen LogP contribution in [0.1, 0.15) is 35.2 Å². The highest BCUT2D eigenvalue weighted by atomic mass is 19.1. The molecular weight excluding hydrogens is 243 g/mol. The maximum atomic E-state index is 13.3. The molecule has 0 radical (unpaired) electrons. The normalized spacial score (nSPS) is 26.3. The molecule has 1 N–H and O–H groups in total. The fraction of sp³-hybridized carbons (Fsp3) is 0.533. The minimum Gasteiger partial charge on any atom is -0.337 e. The Morgan fingerprint density at radius 2 is 2.11 bits per heavy atom. The van der Waals surface area contributed by atoms with Gasteiger partial charge in [-0.2, -0.15) is 0 Å². The van der Waals surface area contributed by atoms with Gasteiger partial charge >= 0.3 is 0 Å². The third-order valence-corrected chi connectivity index (χ3v) is 4.24. The van der Waals surface area contributed by atoms with Crippen molar-refractivity contribution in [3.05, 3.63) is 35.1 Å². The summed E-state index contributed by atoms with van der Waals surface area (Å²) in [6.07, 6.45) is 3.35. The lowest BCUT2D eigenvalue weighted by Crippen LogP contribution is -2.39. The maximum absolute atomic E-state index is 13.3. The molecule has 4 heteroatoms. The molecule has 2 bridgehead atoms. The fourth-order valence-corrected chi connectivity index (χ4v) is 3.12. The van der Waals surface area contributed by atoms with Crippen LogP contribution in [0, 0.1) is 12.7 Å². The van der Waals surface area contributed by atoms with Crippen LogP contribution in [-0.4, -0.2) is 36.0 Å². The number of fused-ring (bicyclic) bond motifs is 2. The monoisotopic (exact) mass is 262 g/mol. The lowest BCUT2D eigenvalue weighted by Gasteiger charge is -2.25. The van der Waals surface area contributed by atoms with Gasteiger partial charge in [-0.05, 0) is 43.9 Å². The Hall–Kier alpha value is -1.42. The third kappa shape index (κ3) is 2.50. The van der Waals surface area contributed by atoms with E-state index in [4.69, 9.17) is 0 Å². The van der Waals surface area contributed by atoms with E-state index in [9.17, 15) is 9.18 Å². The number of benzene rings is 1. The van der Waals surface area contributed by atoms with Gasteiger partial charge in [-0.15, -0.1) is 0 Å². The van der Waals surface area contributed by atoms with Gasteiger partial charge in [0, 0.05) is 30.7 Å². The van der Waals surface area contributed by atoms with E-state index >= 15 is 0 Å². The molecule has 19 heavy (non-hydrogen) atoms. The van der Waals surface area contributed by atoms with Gasteiger partial charge < -0.3 is 10.2 Å². The lowest BCUT2D eigenvalue weighted by atomic mass is 10.0. The quantitative estimate of drug-likeness (QED) is 0.840. The summed E-state index contributed by atoms with van der Waals surface area (Å²) in [6, 6.07) is 5.39. The number of carbonyl (C=O) groups is 1. The molecule has 2 atom stereocenters. The molecule has 1 aromatic rings. The van der Waals surface area contributed by atoms with Crippen LogP contribution in [0.3, 0.4) is 0 Å². The van der Waals surface area contributed by atoms with Crippen LogP contribution in [0.15, 0.2) is 18.2 Å². The van der Waals surface area contributed by atoms with Gasteiger partial charge in [-0.3, -0.25) is 4.79 Å². The van der Waals surface area contributed by atoms with Crippen molar-refractivity contribution >= 4 is 5.91 Å². The number of aryl methyl sites for hydroxylation is 1. The highest BCUT2D eigenvalue weighted by Crippen LogP contribution is 2.22. The largest absolute Gasteiger partial charge is 0.337 e. The maximum Gasteiger partial charge on any atom is 0.254 e. The smallest absolute Gasteiger partial charge is 0.254 e. The fourth-order valence-electron chi connectivity index (χ4n) is 3.12. The number of hydrogen-bond donors (Lipinski definition) is 1. The van der Waals surface area contributed by atoms with Crippen molar-refractivity contribution in [2.24, 2.45) is 0 Å². The Kier molecular flexibility index (Phi) is 3.27. The van der Waals surface area contributed by atoms with Crippen molar-refractivity contribution < 1.29 is 9.18 Å². The van der Waals surface area contributed by atoms with E-state index in [-0.39, 0.29) is 11.7 Å². The Morgan fingerprint density at radius 1 is 1.32 bits per heavy atom. The first-order valence-corrected chi connectivity index (χ1v) is 6.95. The molecule has 0 saturated carbocycles. The van der Waals surface area contributed by atoms with Crippen LogP contribution in [0.2, 0.25) is 0 Å². The van der Waals surface area contributed by atoms with Gasteiger partial charge in [0.05, 0.1) is 0 Å². The molecule has 3 rings (SSSR count). The van der Waals surface area contributed by atoms with E-state index in [1.807, 2.05) is 11.8 Å². The second-order valence-corrected chi connectivity index (χ2v) is 5.64. The predicted octanol–water partition coefficient (Wildman–Crippen LogP) is 2.10. The zero-order chi connectivity index (χ0) is 13.4. The molecule has 1 amide bonds. The average molecular weight is 262 g/mol. The number of carbonyl (C=O) groups excluding carboxylic acids is 1. The minimum atomic E-state index is -0.344. The highest BCUT2D eigenvalue weighted by molar-refractivity contribution is 5.95. The van der Waals surface area contributed by atoms with E-state index in [0.29, 0.717) is 17.6 Å². The number of amides is 1. The van der Waals surface area contributed by atoms with Crippen molar-refractivity contribution in [3.63, 3.8) is 0 Å². The summed E-state index contributed by atoms with van der Waals surface area (Å²) in [6.45, 7) is 3.36. The molecule has 2 unspecified atom stereocenters. The zero-order valence-electron chi connectivity index (χ0n) is 11.2. The Labute approximate surface area is 112 Å². The molecule has 0 aromatic heterocycles. The summed E-state index contributed by atoms with van der Waals surface area (Å²) < 4.78 is 13.3. The molecule has 2 saturated heterocycles. The first-order valence-electron chi connectivity index (χ1n) is 6.95. The molecule has 0 spiro atoms. The van der Waals surface area contributed by atoms with Gasteiger partial charge in [0.25, 0.3) is 5.91 Å². The van der Waals surface area contributed by atoms with E-state index in [0.717, 1.165) is 31.5 Å². The molecule has 102 valence electrons. The summed E-state index contributed by atoms with van der Waals surface area (Å²) in [5.41, 5.74) is 1.34. The second kappa shape index (κ2) is 4.93. The summed E-state index contributed by atoms with van der Waals surface area (Å²) in [4.78, 5) is 14.4. The van der Waals surface area contributed by atoms with Crippen LogP contribution < -0.4 is 5.32 Å². The average Bonchev–Trinajstić information content (AvgIpc) is 2.71. The molecule has 0 aliphatic carbocycles. The number of nitrogens with zero attached hydrogens (tertiary/aromatic N) is 1. The topological polar surface area (TPSA) is 32.3 Å². The number of hydrogen-bond acceptors (Lipinski definition) is 2. The van der Waals surface area contributed by atoms with E-state index in [1.165, 1.54) is 18.6 Å². The molecule has 3 nitrogen and oxygen atoms in total. The summed E-state index contributed by atoms with van der Waals surface area (Å²) >= 11 is 0. The Morgan fingerprint density at radius 3 is 2.95 bits per heavy atom. The van der Waals surface area contributed by atoms with Crippen LogP contribution in [0.4, 0.5) is 4.39 Å². The number of likely N-dealkylation sites (tertiary alicyclic amines) is 1. The molecule has 1 aromatic carbocycles. The predicted molar refractivity (Wildman–Crippen MR) is 71.6 cm³/mol. The van der Waals surface area contributed by atoms with Gasteiger partial charge in [0.2, 0.25) is 0 Å². The lowest BCUT2D eigenvalue weighted by molar-refractivity contribution is 0.0747. The molecular formula is C15H19FN2O. The van der Waals surface area contributed by atoms with Crippen molar-refractivity contribution in [2.45, 2.75) is 38.3 Å². The minimum absolute atomic E-state index is 0.0358. The molecule has 2 aliphatic rings. The SMILES string of the molecule is Cc1ccc(F)cc1C(=O)N1CCC2CCC(C1)N2.